The van der Waals surface area contributed by atoms with Gasteiger partial charge in [0.2, 0.25) is 0 Å². The Morgan fingerprint density at radius 3 is 1.19 bits per heavy atom. The van der Waals surface area contributed by atoms with E-state index in [-0.39, 0.29) is 125 Å². The zero-order valence-electron chi connectivity index (χ0n) is 66.5. The third-order valence-corrected chi connectivity index (χ3v) is 24.5. The minimum Gasteiger partial charge on any atom is -1.00 e. The summed E-state index contributed by atoms with van der Waals surface area (Å²) in [6, 6.07) is 12.1. The van der Waals surface area contributed by atoms with E-state index in [9.17, 15) is 56.6 Å². The average Bonchev–Trinajstić information content (AvgIpc) is 1.57. The number of hydrogen-bond donors (Lipinski definition) is 7. The van der Waals surface area contributed by atoms with E-state index >= 15 is 0 Å². The molecule has 3 fully saturated rings. The van der Waals surface area contributed by atoms with Crippen LogP contribution in [0.3, 0.4) is 0 Å². The standard InChI is InChI=1S/C26H29FN4O3S.C26H27FN4O3S.C19H23BrN4O2S.C7H6BFO3.CH4O.B.Na.H/c2*1-13(2)11-30-25-23(24(33)31(26(30)34)18-6-7-18)22(16-5-8-20(27)17(9-16)12-32)21(35-25)10-19-14(3)28-29-15(19)4;1-9(2)8-23-18-15(17(25)24(19(23)26)12-5-6-12)16(20)14(27-18)7-13-10(3)21-22-11(13)4;9-7-2-1-6(8(11)12)3-5(7)4-10;1-2;;;/h5,8-9,13,18,32H,6-7,10-12H2,1-4H3,(H,28,29);5,8-9,12-13,18H,6-7,10-11H2,1-4H3,(H,28,29);9,12H,5-8H2,1-4H3,(H,21,22);1-4,11-12H;2H,1H3;;;/q;;;;;;+1;-1. The van der Waals surface area contributed by atoms with E-state index in [1.54, 1.807) is 31.9 Å². The van der Waals surface area contributed by atoms with E-state index in [1.165, 1.54) is 72.0 Å². The number of hydrogen-bond acceptors (Lipinski definition) is 18. The smallest absolute Gasteiger partial charge is 1.00 e. The molecule has 3 aliphatic rings. The van der Waals surface area contributed by atoms with Gasteiger partial charge in [-0.2, -0.15) is 15.3 Å². The maximum atomic E-state index is 14.3. The molecule has 0 unspecified atom stereocenters. The Bertz CT molecular complexity index is 5900. The van der Waals surface area contributed by atoms with E-state index in [1.807, 2.05) is 69.2 Å². The number of aromatic nitrogens is 12. The second-order valence-electron chi connectivity index (χ2n) is 29.6. The van der Waals surface area contributed by atoms with Gasteiger partial charge in [0.25, 0.3) is 16.7 Å². The Balaban J connectivity index is 0.000000196. The molecular weight excluding hydrogens is 1590 g/mol. The van der Waals surface area contributed by atoms with Gasteiger partial charge in [-0.15, -0.1) is 34.0 Å². The molecule has 24 nitrogen and oxygen atoms in total. The number of thiophene rings is 3. The van der Waals surface area contributed by atoms with Crippen molar-refractivity contribution in [2.24, 2.45) is 17.8 Å². The van der Waals surface area contributed by atoms with Gasteiger partial charge in [0.1, 0.15) is 31.9 Å². The van der Waals surface area contributed by atoms with Crippen LogP contribution in [0.5, 0.6) is 0 Å². The zero-order chi connectivity index (χ0) is 80.6. The number of carbonyl (C=O) groups excluding carboxylic acids is 2. The van der Waals surface area contributed by atoms with Crippen molar-refractivity contribution in [2.75, 3.05) is 7.11 Å². The topological polar surface area (TPSA) is 333 Å². The van der Waals surface area contributed by atoms with Crippen LogP contribution in [0.25, 0.3) is 52.9 Å². The van der Waals surface area contributed by atoms with Crippen LogP contribution in [0.4, 0.5) is 13.2 Å². The number of aldehydes is 2. The summed E-state index contributed by atoms with van der Waals surface area (Å²) in [4.78, 5) is 107. The van der Waals surface area contributed by atoms with E-state index in [2.05, 4.69) is 60.4 Å². The SMILES string of the molecule is CO.Cc1n[nH]c(C)c1Cc1sc2c(c1-c1ccc(F)c(C=O)c1)c(=O)n(C1CC1)c(=O)n2CC(C)C.Cc1n[nH]c(C)c1Cc1sc2c(c1-c1ccc(F)c(CO)c1)c(=O)n(C1CC1)c(=O)n2CC(C)C.Cc1n[nH]c(C)c1Cc1sc2c(c1Br)c(=O)n(C1CC1)c(=O)n2CC(C)C.O=Cc1cc(B(O)O)ccc1F.[B].[H-].[Na+]. The molecule has 15 rings (SSSR count). The molecule has 0 spiro atoms. The van der Waals surface area contributed by atoms with Crippen molar-refractivity contribution < 1.29 is 74.0 Å². The number of aryl methyl sites for hydroxylation is 6. The zero-order valence-corrected chi connectivity index (χ0v) is 71.5. The fraction of sp³-hybridized carbons (Fsp3) is 0.405. The molecule has 0 amide bonds. The van der Waals surface area contributed by atoms with Crippen molar-refractivity contribution in [1.29, 1.82) is 0 Å². The normalized spacial score (nSPS) is 13.1. The van der Waals surface area contributed by atoms with Crippen LogP contribution in [0, 0.1) is 76.7 Å². The third kappa shape index (κ3) is 18.5. The minimum atomic E-state index is -1.68. The first-order valence-corrected chi connectivity index (χ1v) is 39.9. The first-order chi connectivity index (χ1) is 52.8. The molecule has 12 aromatic rings. The summed E-state index contributed by atoms with van der Waals surface area (Å²) in [5.41, 5.74) is 9.92. The second kappa shape index (κ2) is 37.2. The quantitative estimate of drug-likeness (QED) is 0.0261. The Kier molecular flexibility index (Phi) is 29.2. The number of carbonyl (C=O) groups is 2. The summed E-state index contributed by atoms with van der Waals surface area (Å²) in [5, 5.41) is 57.5. The number of benzene rings is 3. The average molecular weight is 1680 g/mol. The number of aliphatic hydroxyl groups excluding tert-OH is 2. The summed E-state index contributed by atoms with van der Waals surface area (Å²) in [6.07, 6.45) is 7.54. The molecule has 0 bridgehead atoms. The Labute approximate surface area is 694 Å². The van der Waals surface area contributed by atoms with E-state index in [0.29, 0.717) is 105 Å². The Morgan fingerprint density at radius 2 is 0.850 bits per heavy atom. The molecule has 113 heavy (non-hydrogen) atoms. The predicted octanol–water partition coefficient (Wildman–Crippen LogP) is 8.78. The van der Waals surface area contributed by atoms with Crippen molar-refractivity contribution in [1.82, 2.24) is 58.0 Å². The third-order valence-electron chi connectivity index (χ3n) is 19.8. The number of halogens is 4. The Morgan fingerprint density at radius 1 is 0.522 bits per heavy atom. The van der Waals surface area contributed by atoms with Gasteiger partial charge in [0.05, 0.1) is 45.4 Å². The minimum absolute atomic E-state index is 0. The molecule has 0 atom stereocenters. The monoisotopic (exact) mass is 1680 g/mol. The molecule has 0 saturated heterocycles. The molecule has 3 aromatic carbocycles. The molecule has 9 aromatic heterocycles. The largest absolute Gasteiger partial charge is 1.00 e. The van der Waals surface area contributed by atoms with Crippen molar-refractivity contribution in [3.8, 4) is 22.3 Å². The molecule has 3 saturated carbocycles. The van der Waals surface area contributed by atoms with Gasteiger partial charge in [0, 0.05) is 148 Å². The summed E-state index contributed by atoms with van der Waals surface area (Å²) in [6.45, 7) is 25.2. The van der Waals surface area contributed by atoms with Gasteiger partial charge in [0.15, 0.2) is 12.6 Å². The molecule has 34 heteroatoms. The van der Waals surface area contributed by atoms with Gasteiger partial charge < -0.3 is 21.7 Å². The van der Waals surface area contributed by atoms with Crippen molar-refractivity contribution in [2.45, 2.75) is 185 Å². The van der Waals surface area contributed by atoms with Crippen LogP contribution >= 0.6 is 49.9 Å². The number of rotatable bonds is 21. The van der Waals surface area contributed by atoms with Gasteiger partial charge in [-0.05, 0) is 167 Å². The summed E-state index contributed by atoms with van der Waals surface area (Å²) < 4.78 is 51.5. The van der Waals surface area contributed by atoms with Crippen LogP contribution in [0.15, 0.2) is 87.8 Å². The van der Waals surface area contributed by atoms with Crippen LogP contribution in [0.1, 0.15) is 191 Å². The fourth-order valence-electron chi connectivity index (χ4n) is 13.8. The van der Waals surface area contributed by atoms with Crippen molar-refractivity contribution in [3.63, 3.8) is 0 Å². The first-order valence-electron chi connectivity index (χ1n) is 36.6. The number of fused-ring (bicyclic) bond motifs is 3. The first kappa shape index (κ1) is 88.7. The van der Waals surface area contributed by atoms with Gasteiger partial charge >= 0.3 is 53.7 Å². The van der Waals surface area contributed by atoms with E-state index < -0.39 is 31.2 Å². The van der Waals surface area contributed by atoms with Crippen LogP contribution < -0.4 is 68.8 Å². The molecule has 3 radical (unpaired) electrons. The molecule has 3 aliphatic carbocycles. The number of aromatic amines is 3. The summed E-state index contributed by atoms with van der Waals surface area (Å²) in [7, 11) is -0.677. The second-order valence-corrected chi connectivity index (χ2v) is 33.7. The van der Waals surface area contributed by atoms with Crippen LogP contribution in [0.2, 0.25) is 0 Å². The number of aliphatic hydroxyl groups is 2. The predicted molar refractivity (Wildman–Crippen MR) is 439 cm³/mol. The molecule has 9 heterocycles. The number of H-pyrrole nitrogens is 3. The van der Waals surface area contributed by atoms with Gasteiger partial charge in [-0.1, -0.05) is 59.7 Å². The molecular formula is C79H90B2BrF3N12NaO12S3. The molecule has 7 N–H and O–H groups in total. The van der Waals surface area contributed by atoms with E-state index in [4.69, 9.17) is 15.2 Å². The van der Waals surface area contributed by atoms with E-state index in [0.717, 1.165) is 133 Å². The summed E-state index contributed by atoms with van der Waals surface area (Å²) >= 11 is 8.07. The molecule has 591 valence electrons. The number of nitrogens with one attached hydrogen (secondary N) is 3. The van der Waals surface area contributed by atoms with Gasteiger partial charge in [-0.3, -0.25) is 66.7 Å². The van der Waals surface area contributed by atoms with Crippen LogP contribution in [-0.4, -0.2) is 113 Å². The van der Waals surface area contributed by atoms with Crippen LogP contribution in [-0.2, 0) is 45.5 Å². The van der Waals surface area contributed by atoms with Crippen molar-refractivity contribution in [3.05, 3.63) is 221 Å². The fourth-order valence-corrected chi connectivity index (χ4v) is 18.5. The molecule has 0 aliphatic heterocycles. The number of nitrogens with zero attached hydrogens (tertiary/aromatic N) is 9. The van der Waals surface area contributed by atoms with Crippen molar-refractivity contribution >= 4 is 114 Å². The maximum Gasteiger partial charge on any atom is 1.00 e. The summed E-state index contributed by atoms with van der Waals surface area (Å²) in [5.74, 6) is -1.06. The Hall–Kier alpha value is -8.21. The van der Waals surface area contributed by atoms with Gasteiger partial charge in [-0.25, -0.2) is 27.6 Å². The maximum absolute atomic E-state index is 14.3.